The van der Waals surface area contributed by atoms with E-state index in [1.807, 2.05) is 0 Å². The Labute approximate surface area is 319 Å². The maximum Gasteiger partial charge on any atom is 0.294 e. The van der Waals surface area contributed by atoms with Gasteiger partial charge in [0.15, 0.2) is 11.5 Å². The number of aromatic hydroxyl groups is 2. The molecule has 0 aliphatic carbocycles. The van der Waals surface area contributed by atoms with Crippen molar-refractivity contribution in [1.29, 1.82) is 0 Å². The Bertz CT molecular complexity index is 2870. The van der Waals surface area contributed by atoms with Crippen LogP contribution in [0.4, 0.5) is 34.1 Å². The third-order valence-electron chi connectivity index (χ3n) is 8.40. The molecule has 6 rings (SSSR count). The lowest BCUT2D eigenvalue weighted by molar-refractivity contribution is 0.479. The molecule has 0 saturated heterocycles. The highest BCUT2D eigenvalue weighted by Crippen LogP contribution is 2.45. The lowest BCUT2D eigenvalue weighted by Gasteiger charge is -2.15. The number of hydrogen-bond acceptors (Lipinski definition) is 16. The summed E-state index contributed by atoms with van der Waals surface area (Å²) in [6, 6.07) is 16.5. The van der Waals surface area contributed by atoms with E-state index in [4.69, 9.17) is 11.5 Å². The third-order valence-corrected chi connectivity index (χ3v) is 11.2. The molecule has 3 atom stereocenters. The molecule has 17 nitrogen and oxygen atoms in total. The lowest BCUT2D eigenvalue weighted by Crippen LogP contribution is -2.01. The number of nitrogen functional groups attached to an aromatic ring is 2. The van der Waals surface area contributed by atoms with Crippen LogP contribution >= 0.6 is 0 Å². The van der Waals surface area contributed by atoms with Crippen LogP contribution in [-0.4, -0.2) is 49.5 Å². The molecule has 0 aromatic heterocycles. The van der Waals surface area contributed by atoms with Crippen LogP contribution in [0.5, 0.6) is 11.5 Å². The van der Waals surface area contributed by atoms with Gasteiger partial charge in [0.25, 0.3) is 10.1 Å². The van der Waals surface area contributed by atoms with Crippen LogP contribution in [0.1, 0.15) is 11.1 Å². The first-order valence-corrected chi connectivity index (χ1v) is 20.0. The average molecular weight is 822 g/mol. The largest absolute Gasteiger partial charge is 0.768 e. The third kappa shape index (κ3) is 7.72. The van der Waals surface area contributed by atoms with Crippen molar-refractivity contribution >= 4 is 99.0 Å². The average Bonchev–Trinajstić information content (AvgIpc) is 3.10. The number of nitrogens with zero attached hydrogens (tertiary/aromatic N) is 4. The smallest absolute Gasteiger partial charge is 0.294 e. The van der Waals surface area contributed by atoms with Crippen molar-refractivity contribution in [2.75, 3.05) is 11.5 Å². The SMILES string of the molecule is Cc1cc(-c2ccc(N=Nc3c(S(=O)[O-])cc4cc(S(=O)(=O)O)cc(N)c4c3O)c(C)c2)ccc1N=Nc1c(S(=O)[O-])cc2cc(S(=O)[O-])cc(N)c2c1O. The first kappa shape index (κ1) is 39.2. The van der Waals surface area contributed by atoms with Gasteiger partial charge in [-0.3, -0.25) is 17.2 Å². The molecule has 55 heavy (non-hydrogen) atoms. The Morgan fingerprint density at radius 1 is 0.600 bits per heavy atom. The van der Waals surface area contributed by atoms with Crippen LogP contribution in [-0.2, 0) is 43.4 Å². The maximum atomic E-state index is 12.1. The van der Waals surface area contributed by atoms with E-state index < -0.39 is 80.9 Å². The molecular formula is C34H25N6O11S4-3. The van der Waals surface area contributed by atoms with Crippen LogP contribution in [0.15, 0.2) is 113 Å². The van der Waals surface area contributed by atoms with Crippen molar-refractivity contribution in [3.8, 4) is 22.6 Å². The molecule has 0 radical (unpaired) electrons. The van der Waals surface area contributed by atoms with E-state index in [0.717, 1.165) is 41.5 Å². The van der Waals surface area contributed by atoms with Crippen molar-refractivity contribution in [1.82, 2.24) is 0 Å². The number of anilines is 2. The lowest BCUT2D eigenvalue weighted by atomic mass is 10.0. The predicted octanol–water partition coefficient (Wildman–Crippen LogP) is 6.64. The quantitative estimate of drug-likeness (QED) is 0.0442. The minimum Gasteiger partial charge on any atom is -0.768 e. The molecular weight excluding hydrogens is 797 g/mol. The van der Waals surface area contributed by atoms with E-state index in [1.165, 1.54) is 6.07 Å². The second-order valence-electron chi connectivity index (χ2n) is 11.9. The molecule has 0 amide bonds. The summed E-state index contributed by atoms with van der Waals surface area (Å²) in [5.41, 5.74) is 14.0. The van der Waals surface area contributed by atoms with E-state index in [0.29, 0.717) is 22.5 Å². The summed E-state index contributed by atoms with van der Waals surface area (Å²) < 4.78 is 104. The minimum atomic E-state index is -4.69. The number of nitrogens with two attached hydrogens (primary N) is 2. The standard InChI is InChI=1S/C34H28N6O11S4/c1-15-7-17(3-5-25(15)37-39-31-27(53(45)46)11-19-9-21(52(43)44)13-23(35)29(19)33(31)41)18-4-6-26(16(2)8-18)38-40-32-28(54(47)48)12-20-10-22(55(49,50)51)14-24(36)30(20)34(32)42/h3-14,41-42H,35-36H2,1-2H3,(H,43,44)(H,45,46)(H,47,48)(H,49,50,51)/p-3. The van der Waals surface area contributed by atoms with E-state index in [9.17, 15) is 49.5 Å². The van der Waals surface area contributed by atoms with Crippen molar-refractivity contribution < 1.29 is 49.5 Å². The number of aryl methyl sites for hydroxylation is 2. The fourth-order valence-electron chi connectivity index (χ4n) is 5.78. The van der Waals surface area contributed by atoms with Gasteiger partial charge in [-0.1, -0.05) is 12.1 Å². The molecule has 0 saturated carbocycles. The zero-order valence-electron chi connectivity index (χ0n) is 28.1. The molecule has 0 fully saturated rings. The van der Waals surface area contributed by atoms with Gasteiger partial charge < -0.3 is 35.3 Å². The van der Waals surface area contributed by atoms with Crippen LogP contribution in [0.3, 0.4) is 0 Å². The van der Waals surface area contributed by atoms with Gasteiger partial charge in [0, 0.05) is 27.0 Å². The second kappa shape index (κ2) is 15.0. The number of hydrogen-bond donors (Lipinski definition) is 5. The number of phenolic OH excluding ortho intramolecular Hbond substituents is 2. The summed E-state index contributed by atoms with van der Waals surface area (Å²) in [5.74, 6) is -1.28. The van der Waals surface area contributed by atoms with Gasteiger partial charge in [-0.15, -0.1) is 10.2 Å². The van der Waals surface area contributed by atoms with Crippen LogP contribution in [0, 0.1) is 13.8 Å². The molecule has 6 aromatic rings. The van der Waals surface area contributed by atoms with Gasteiger partial charge in [0.05, 0.1) is 26.1 Å². The molecule has 0 aliphatic heterocycles. The topological polar surface area (TPSA) is 317 Å². The van der Waals surface area contributed by atoms with E-state index >= 15 is 0 Å². The summed E-state index contributed by atoms with van der Waals surface area (Å²) in [6.07, 6.45) is 0. The van der Waals surface area contributed by atoms with Crippen molar-refractivity contribution in [3.63, 3.8) is 0 Å². The number of rotatable bonds is 9. The fraction of sp³-hybridized carbons (Fsp3) is 0.0588. The first-order chi connectivity index (χ1) is 25.8. The van der Waals surface area contributed by atoms with E-state index in [-0.39, 0.29) is 37.8 Å². The molecule has 0 aliphatic rings. The highest BCUT2D eigenvalue weighted by atomic mass is 32.2. The van der Waals surface area contributed by atoms with Crippen LogP contribution < -0.4 is 11.5 Å². The number of azo groups is 2. The Balaban J connectivity index is 1.30. The molecule has 0 spiro atoms. The number of phenols is 2. The van der Waals surface area contributed by atoms with Gasteiger partial charge in [-0.2, -0.15) is 18.6 Å². The first-order valence-electron chi connectivity index (χ1n) is 15.3. The van der Waals surface area contributed by atoms with Gasteiger partial charge in [-0.25, -0.2) is 0 Å². The van der Waals surface area contributed by atoms with Gasteiger partial charge >= 0.3 is 0 Å². The number of fused-ring (bicyclic) bond motifs is 2. The summed E-state index contributed by atoms with van der Waals surface area (Å²) in [6.45, 7) is 3.45. The fourth-order valence-corrected chi connectivity index (χ4v) is 7.81. The monoisotopic (exact) mass is 821 g/mol. The molecule has 3 unspecified atom stereocenters. The molecule has 284 valence electrons. The zero-order chi connectivity index (χ0) is 40.1. The summed E-state index contributed by atoms with van der Waals surface area (Å²) in [7, 11) is -4.69. The molecule has 0 bridgehead atoms. The van der Waals surface area contributed by atoms with Gasteiger partial charge in [-0.05, 0) is 141 Å². The summed E-state index contributed by atoms with van der Waals surface area (Å²) >= 11 is -8.52. The Hall–Kier alpha value is -5.52. The van der Waals surface area contributed by atoms with E-state index in [2.05, 4.69) is 20.5 Å². The highest BCUT2D eigenvalue weighted by molar-refractivity contribution is 7.85. The zero-order valence-corrected chi connectivity index (χ0v) is 31.4. The Morgan fingerprint density at radius 3 is 1.44 bits per heavy atom. The Morgan fingerprint density at radius 2 is 1.04 bits per heavy atom. The van der Waals surface area contributed by atoms with E-state index in [1.54, 1.807) is 50.2 Å². The maximum absolute atomic E-state index is 12.1. The molecule has 21 heteroatoms. The van der Waals surface area contributed by atoms with Crippen LogP contribution in [0.2, 0.25) is 0 Å². The van der Waals surface area contributed by atoms with Crippen molar-refractivity contribution in [2.45, 2.75) is 33.4 Å². The Kier molecular flexibility index (Phi) is 10.7. The van der Waals surface area contributed by atoms with Crippen LogP contribution in [0.25, 0.3) is 32.7 Å². The van der Waals surface area contributed by atoms with Crippen molar-refractivity contribution in [3.05, 3.63) is 83.9 Å². The van der Waals surface area contributed by atoms with Crippen molar-refractivity contribution in [2.24, 2.45) is 20.5 Å². The predicted molar refractivity (Wildman–Crippen MR) is 201 cm³/mol. The van der Waals surface area contributed by atoms with Gasteiger partial charge in [0.2, 0.25) is 0 Å². The summed E-state index contributed by atoms with van der Waals surface area (Å²) in [4.78, 5) is -1.74. The second-order valence-corrected chi connectivity index (χ2v) is 16.1. The molecule has 7 N–H and O–H groups in total. The number of benzene rings is 6. The molecule has 0 heterocycles. The highest BCUT2D eigenvalue weighted by Gasteiger charge is 2.21. The van der Waals surface area contributed by atoms with Gasteiger partial charge in [0.1, 0.15) is 11.4 Å². The summed E-state index contributed by atoms with van der Waals surface area (Å²) in [5, 5.41) is 38.2. The molecule has 6 aromatic carbocycles. The normalized spacial score (nSPS) is 13.9. The minimum absolute atomic E-state index is 0.000727.